The summed E-state index contributed by atoms with van der Waals surface area (Å²) in [7, 11) is 1.89. The number of halogens is 1. The molecule has 1 atom stereocenters. The highest BCUT2D eigenvalue weighted by Gasteiger charge is 2.33. The van der Waals surface area contributed by atoms with E-state index in [4.69, 9.17) is 0 Å². The lowest BCUT2D eigenvalue weighted by atomic mass is 10.1. The number of carbonyl (C=O) groups excluding carboxylic acids is 2. The Labute approximate surface area is 144 Å². The predicted molar refractivity (Wildman–Crippen MR) is 93.7 cm³/mol. The van der Waals surface area contributed by atoms with E-state index in [9.17, 15) is 9.59 Å². The summed E-state index contributed by atoms with van der Waals surface area (Å²) in [5, 5.41) is 5.98. The molecule has 2 amide bonds. The van der Waals surface area contributed by atoms with E-state index in [1.54, 1.807) is 4.90 Å². The van der Waals surface area contributed by atoms with Gasteiger partial charge in [-0.1, -0.05) is 30.3 Å². The van der Waals surface area contributed by atoms with Crippen LogP contribution in [0.4, 0.5) is 0 Å². The van der Waals surface area contributed by atoms with Crippen LogP contribution in [0.25, 0.3) is 0 Å². The van der Waals surface area contributed by atoms with Gasteiger partial charge in [-0.2, -0.15) is 0 Å². The summed E-state index contributed by atoms with van der Waals surface area (Å²) >= 11 is 0. The van der Waals surface area contributed by atoms with E-state index < -0.39 is 0 Å². The lowest BCUT2D eigenvalue weighted by molar-refractivity contribution is -0.137. The SMILES string of the molecule is CNCCCNC(=O)C1CCCN1C(=O)Cc1ccccc1.Cl. The summed E-state index contributed by atoms with van der Waals surface area (Å²) in [5.74, 6) is 0.0223. The summed E-state index contributed by atoms with van der Waals surface area (Å²) in [6.45, 7) is 2.21. The Bertz CT molecular complexity index is 496. The van der Waals surface area contributed by atoms with Crippen LogP contribution >= 0.6 is 12.4 Å². The normalized spacial score (nSPS) is 16.7. The number of hydrogen-bond donors (Lipinski definition) is 2. The first-order valence-electron chi connectivity index (χ1n) is 7.98. The molecule has 1 heterocycles. The number of benzene rings is 1. The third-order valence-electron chi connectivity index (χ3n) is 3.98. The quantitative estimate of drug-likeness (QED) is 0.738. The highest BCUT2D eigenvalue weighted by Crippen LogP contribution is 2.19. The Kier molecular flexibility index (Phi) is 8.66. The highest BCUT2D eigenvalue weighted by molar-refractivity contribution is 5.89. The average molecular weight is 340 g/mol. The molecule has 0 radical (unpaired) electrons. The van der Waals surface area contributed by atoms with Crippen molar-refractivity contribution >= 4 is 24.2 Å². The molecule has 128 valence electrons. The highest BCUT2D eigenvalue weighted by atomic mass is 35.5. The van der Waals surface area contributed by atoms with Crippen molar-refractivity contribution in [1.29, 1.82) is 0 Å². The fourth-order valence-electron chi connectivity index (χ4n) is 2.80. The molecule has 2 N–H and O–H groups in total. The number of rotatable bonds is 7. The summed E-state index contributed by atoms with van der Waals surface area (Å²) in [6, 6.07) is 9.38. The van der Waals surface area contributed by atoms with Crippen LogP contribution in [0.15, 0.2) is 30.3 Å². The molecule has 1 aliphatic heterocycles. The number of likely N-dealkylation sites (tertiary alicyclic amines) is 1. The van der Waals surface area contributed by atoms with Crippen LogP contribution in [-0.2, 0) is 16.0 Å². The molecule has 2 rings (SSSR count). The molecule has 1 aliphatic rings. The Morgan fingerprint density at radius 1 is 1.22 bits per heavy atom. The van der Waals surface area contributed by atoms with Gasteiger partial charge in [0.15, 0.2) is 0 Å². The molecule has 6 heteroatoms. The van der Waals surface area contributed by atoms with Crippen molar-refractivity contribution in [3.63, 3.8) is 0 Å². The van der Waals surface area contributed by atoms with Crippen LogP contribution in [0.3, 0.4) is 0 Å². The molecule has 5 nitrogen and oxygen atoms in total. The third-order valence-corrected chi connectivity index (χ3v) is 3.98. The first-order valence-corrected chi connectivity index (χ1v) is 7.98. The topological polar surface area (TPSA) is 61.4 Å². The molecule has 1 aromatic carbocycles. The standard InChI is InChI=1S/C17H25N3O2.ClH/c1-18-10-6-11-19-17(22)15-9-5-12-20(15)16(21)13-14-7-3-2-4-8-14;/h2-4,7-8,15,18H,5-6,9-13H2,1H3,(H,19,22);1H. The molecule has 0 saturated carbocycles. The minimum Gasteiger partial charge on any atom is -0.354 e. The maximum Gasteiger partial charge on any atom is 0.242 e. The summed E-state index contributed by atoms with van der Waals surface area (Å²) in [6.07, 6.45) is 2.92. The summed E-state index contributed by atoms with van der Waals surface area (Å²) < 4.78 is 0. The summed E-state index contributed by atoms with van der Waals surface area (Å²) in [4.78, 5) is 26.4. The van der Waals surface area contributed by atoms with Crippen molar-refractivity contribution < 1.29 is 9.59 Å². The van der Waals surface area contributed by atoms with Gasteiger partial charge in [-0.25, -0.2) is 0 Å². The number of carbonyl (C=O) groups is 2. The van der Waals surface area contributed by atoms with Crippen LogP contribution in [0.1, 0.15) is 24.8 Å². The monoisotopic (exact) mass is 339 g/mol. The van der Waals surface area contributed by atoms with Crippen LogP contribution in [0.5, 0.6) is 0 Å². The fraction of sp³-hybridized carbons (Fsp3) is 0.529. The van der Waals surface area contributed by atoms with Gasteiger partial charge in [-0.3, -0.25) is 9.59 Å². The number of amides is 2. The molecular weight excluding hydrogens is 314 g/mol. The van der Waals surface area contributed by atoms with E-state index in [2.05, 4.69) is 10.6 Å². The number of nitrogens with zero attached hydrogens (tertiary/aromatic N) is 1. The second kappa shape index (κ2) is 10.2. The molecule has 1 saturated heterocycles. The predicted octanol–water partition coefficient (Wildman–Crippen LogP) is 1.37. The van der Waals surface area contributed by atoms with Crippen molar-refractivity contribution in [2.24, 2.45) is 0 Å². The number of nitrogens with one attached hydrogen (secondary N) is 2. The zero-order chi connectivity index (χ0) is 15.8. The molecule has 0 aliphatic carbocycles. The lowest BCUT2D eigenvalue weighted by Crippen LogP contribution is -2.46. The minimum absolute atomic E-state index is 0. The van der Waals surface area contributed by atoms with Crippen molar-refractivity contribution in [3.8, 4) is 0 Å². The fourth-order valence-corrected chi connectivity index (χ4v) is 2.80. The first-order chi connectivity index (χ1) is 10.7. The maximum absolute atomic E-state index is 12.4. The largest absolute Gasteiger partial charge is 0.354 e. The van der Waals surface area contributed by atoms with Gasteiger partial charge in [-0.05, 0) is 38.4 Å². The molecule has 1 aromatic rings. The van der Waals surface area contributed by atoms with E-state index in [0.717, 1.165) is 31.4 Å². The smallest absolute Gasteiger partial charge is 0.242 e. The van der Waals surface area contributed by atoms with Gasteiger partial charge < -0.3 is 15.5 Å². The second-order valence-electron chi connectivity index (χ2n) is 5.66. The van der Waals surface area contributed by atoms with E-state index in [1.807, 2.05) is 37.4 Å². The molecule has 1 fully saturated rings. The Morgan fingerprint density at radius 3 is 2.65 bits per heavy atom. The van der Waals surface area contributed by atoms with E-state index in [0.29, 0.717) is 19.5 Å². The molecular formula is C17H26ClN3O2. The van der Waals surface area contributed by atoms with Crippen molar-refractivity contribution in [3.05, 3.63) is 35.9 Å². The van der Waals surface area contributed by atoms with Gasteiger partial charge in [0, 0.05) is 13.1 Å². The van der Waals surface area contributed by atoms with Crippen LogP contribution in [0.2, 0.25) is 0 Å². The average Bonchev–Trinajstić information content (AvgIpc) is 3.02. The lowest BCUT2D eigenvalue weighted by Gasteiger charge is -2.24. The zero-order valence-corrected chi connectivity index (χ0v) is 14.4. The minimum atomic E-state index is -0.300. The molecule has 0 bridgehead atoms. The van der Waals surface area contributed by atoms with Crippen molar-refractivity contribution in [2.45, 2.75) is 31.7 Å². The third kappa shape index (κ3) is 5.84. The summed E-state index contributed by atoms with van der Waals surface area (Å²) in [5.41, 5.74) is 0.993. The van der Waals surface area contributed by atoms with E-state index >= 15 is 0 Å². The van der Waals surface area contributed by atoms with Crippen molar-refractivity contribution in [1.82, 2.24) is 15.5 Å². The van der Waals surface area contributed by atoms with E-state index in [1.165, 1.54) is 0 Å². The van der Waals surface area contributed by atoms with Gasteiger partial charge in [0.2, 0.25) is 11.8 Å². The first kappa shape index (κ1) is 19.5. The molecule has 1 unspecified atom stereocenters. The molecule has 0 aromatic heterocycles. The van der Waals surface area contributed by atoms with Crippen LogP contribution in [-0.4, -0.2) is 49.4 Å². The maximum atomic E-state index is 12.4. The van der Waals surface area contributed by atoms with Crippen molar-refractivity contribution in [2.75, 3.05) is 26.7 Å². The Balaban J connectivity index is 0.00000264. The van der Waals surface area contributed by atoms with Crippen LogP contribution < -0.4 is 10.6 Å². The van der Waals surface area contributed by atoms with Gasteiger partial charge in [-0.15, -0.1) is 12.4 Å². The zero-order valence-electron chi connectivity index (χ0n) is 13.6. The van der Waals surface area contributed by atoms with Gasteiger partial charge >= 0.3 is 0 Å². The number of hydrogen-bond acceptors (Lipinski definition) is 3. The molecule has 0 spiro atoms. The molecule has 23 heavy (non-hydrogen) atoms. The Hall–Kier alpha value is -1.59. The second-order valence-corrected chi connectivity index (χ2v) is 5.66. The van der Waals surface area contributed by atoms with E-state index in [-0.39, 0.29) is 30.3 Å². The van der Waals surface area contributed by atoms with Gasteiger partial charge in [0.25, 0.3) is 0 Å². The van der Waals surface area contributed by atoms with Gasteiger partial charge in [0.05, 0.1) is 6.42 Å². The Morgan fingerprint density at radius 2 is 1.96 bits per heavy atom. The van der Waals surface area contributed by atoms with Gasteiger partial charge in [0.1, 0.15) is 6.04 Å². The van der Waals surface area contributed by atoms with Crippen LogP contribution in [0, 0.1) is 0 Å².